The predicted octanol–water partition coefficient (Wildman–Crippen LogP) is 0.137. The van der Waals surface area contributed by atoms with E-state index in [1.54, 1.807) is 0 Å². The van der Waals surface area contributed by atoms with Gasteiger partial charge in [0.2, 0.25) is 0 Å². The Bertz CT molecular complexity index is 170. The van der Waals surface area contributed by atoms with Gasteiger partial charge in [0.15, 0.2) is 0 Å². The second-order valence-corrected chi connectivity index (χ2v) is 3.58. The molecule has 1 aliphatic rings. The Morgan fingerprint density at radius 3 is 2.75 bits per heavy atom. The van der Waals surface area contributed by atoms with Gasteiger partial charge < -0.3 is 11.1 Å². The quantitative estimate of drug-likeness (QED) is 0.620. The molecule has 0 aromatic carbocycles. The van der Waals surface area contributed by atoms with E-state index in [2.05, 4.69) is 24.1 Å². The molecule has 0 radical (unpaired) electrons. The molecule has 0 aromatic heterocycles. The van der Waals surface area contributed by atoms with Crippen molar-refractivity contribution in [1.29, 1.82) is 0 Å². The van der Waals surface area contributed by atoms with Crippen molar-refractivity contribution in [3.8, 4) is 0 Å². The van der Waals surface area contributed by atoms with Crippen LogP contribution in [0.2, 0.25) is 0 Å². The number of nitrogens with one attached hydrogen (secondary N) is 1. The highest BCUT2D eigenvalue weighted by Crippen LogP contribution is 2.11. The van der Waals surface area contributed by atoms with E-state index in [4.69, 9.17) is 5.73 Å². The second kappa shape index (κ2) is 3.76. The van der Waals surface area contributed by atoms with Crippen LogP contribution in [0.3, 0.4) is 0 Å². The van der Waals surface area contributed by atoms with Crippen LogP contribution >= 0.6 is 0 Å². The molecule has 1 rings (SSSR count). The molecule has 0 saturated carbocycles. The van der Waals surface area contributed by atoms with Gasteiger partial charge in [-0.05, 0) is 20.3 Å². The molecule has 2 amide bonds. The Labute approximate surface area is 73.1 Å². The Hall–Kier alpha value is -0.770. The Balaban J connectivity index is 2.30. The van der Waals surface area contributed by atoms with Gasteiger partial charge in [-0.15, -0.1) is 0 Å². The summed E-state index contributed by atoms with van der Waals surface area (Å²) in [5.41, 5.74) is 5.03. The lowest BCUT2D eigenvalue weighted by Crippen LogP contribution is -2.41. The van der Waals surface area contributed by atoms with Crippen LogP contribution in [0.25, 0.3) is 0 Å². The second-order valence-electron chi connectivity index (χ2n) is 3.58. The van der Waals surface area contributed by atoms with E-state index in [1.165, 1.54) is 0 Å². The smallest absolute Gasteiger partial charge is 0.312 e. The fourth-order valence-electron chi connectivity index (χ4n) is 1.58. The molecule has 4 nitrogen and oxygen atoms in total. The third-order valence-electron chi connectivity index (χ3n) is 2.30. The van der Waals surface area contributed by atoms with E-state index >= 15 is 0 Å². The molecule has 0 unspecified atom stereocenters. The van der Waals surface area contributed by atoms with Crippen LogP contribution in [-0.4, -0.2) is 36.1 Å². The predicted molar refractivity (Wildman–Crippen MR) is 47.8 cm³/mol. The van der Waals surface area contributed by atoms with E-state index in [0.717, 1.165) is 19.5 Å². The van der Waals surface area contributed by atoms with Gasteiger partial charge >= 0.3 is 6.03 Å². The van der Waals surface area contributed by atoms with Gasteiger partial charge in [-0.3, -0.25) is 4.90 Å². The summed E-state index contributed by atoms with van der Waals surface area (Å²) in [6, 6.07) is 0.403. The first kappa shape index (κ1) is 9.32. The number of amides is 2. The third-order valence-corrected chi connectivity index (χ3v) is 2.30. The monoisotopic (exact) mass is 171 g/mol. The van der Waals surface area contributed by atoms with E-state index in [0.29, 0.717) is 6.04 Å². The minimum Gasteiger partial charge on any atom is -0.352 e. The summed E-state index contributed by atoms with van der Waals surface area (Å²) in [5, 5.41) is 2.72. The molecule has 1 fully saturated rings. The van der Waals surface area contributed by atoms with Gasteiger partial charge in [-0.2, -0.15) is 0 Å². The van der Waals surface area contributed by atoms with Crippen molar-refractivity contribution in [3.63, 3.8) is 0 Å². The Morgan fingerprint density at radius 1 is 1.67 bits per heavy atom. The number of carbonyl (C=O) groups is 1. The number of nitrogens with zero attached hydrogens (tertiary/aromatic N) is 1. The molecular weight excluding hydrogens is 154 g/mol. The van der Waals surface area contributed by atoms with Gasteiger partial charge in [0.1, 0.15) is 0 Å². The topological polar surface area (TPSA) is 58.4 Å². The number of primary amides is 1. The molecule has 0 aliphatic carbocycles. The number of hydrogen-bond donors (Lipinski definition) is 2. The zero-order valence-corrected chi connectivity index (χ0v) is 7.71. The number of carbonyl (C=O) groups excluding carboxylic acids is 1. The molecule has 4 heteroatoms. The molecule has 0 bridgehead atoms. The molecule has 1 atom stereocenters. The SMILES string of the molecule is CC(C)N1CC[C@H](NC(N)=O)C1. The summed E-state index contributed by atoms with van der Waals surface area (Å²) in [5.74, 6) is 0. The van der Waals surface area contributed by atoms with Crippen LogP contribution in [0.15, 0.2) is 0 Å². The maximum atomic E-state index is 10.5. The largest absolute Gasteiger partial charge is 0.352 e. The van der Waals surface area contributed by atoms with Gasteiger partial charge in [0.05, 0.1) is 0 Å². The first-order chi connectivity index (χ1) is 5.59. The first-order valence-electron chi connectivity index (χ1n) is 4.39. The average Bonchev–Trinajstić information content (AvgIpc) is 2.34. The van der Waals surface area contributed by atoms with E-state index in [1.807, 2.05) is 0 Å². The average molecular weight is 171 g/mol. The summed E-state index contributed by atoms with van der Waals surface area (Å²) in [7, 11) is 0. The number of hydrogen-bond acceptors (Lipinski definition) is 2. The lowest BCUT2D eigenvalue weighted by Gasteiger charge is -2.20. The number of likely N-dealkylation sites (tertiary alicyclic amines) is 1. The molecule has 0 spiro atoms. The first-order valence-corrected chi connectivity index (χ1v) is 4.39. The van der Waals surface area contributed by atoms with E-state index in [9.17, 15) is 4.79 Å². The van der Waals surface area contributed by atoms with Gasteiger partial charge in [0.25, 0.3) is 0 Å². The molecule has 12 heavy (non-hydrogen) atoms. The van der Waals surface area contributed by atoms with Crippen LogP contribution in [0.1, 0.15) is 20.3 Å². The lowest BCUT2D eigenvalue weighted by atomic mass is 10.3. The normalized spacial score (nSPS) is 24.8. The maximum Gasteiger partial charge on any atom is 0.312 e. The van der Waals surface area contributed by atoms with Crippen molar-refractivity contribution < 1.29 is 4.79 Å². The highest BCUT2D eigenvalue weighted by Gasteiger charge is 2.24. The van der Waals surface area contributed by atoms with Crippen LogP contribution < -0.4 is 11.1 Å². The molecule has 1 saturated heterocycles. The zero-order chi connectivity index (χ0) is 9.14. The molecular formula is C8H17N3O. The van der Waals surface area contributed by atoms with Crippen molar-refractivity contribution in [1.82, 2.24) is 10.2 Å². The maximum absolute atomic E-state index is 10.5. The summed E-state index contributed by atoms with van der Waals surface area (Å²) in [4.78, 5) is 12.9. The molecule has 70 valence electrons. The molecule has 1 heterocycles. The standard InChI is InChI=1S/C8H17N3O/c1-6(2)11-4-3-7(5-11)10-8(9)12/h6-7H,3-5H2,1-2H3,(H3,9,10,12)/t7-/m0/s1. The van der Waals surface area contributed by atoms with E-state index in [-0.39, 0.29) is 6.04 Å². The summed E-state index contributed by atoms with van der Waals surface area (Å²) in [6.07, 6.45) is 1.02. The van der Waals surface area contributed by atoms with Crippen molar-refractivity contribution in [2.45, 2.75) is 32.4 Å². The molecule has 1 aliphatic heterocycles. The van der Waals surface area contributed by atoms with Crippen molar-refractivity contribution in [2.75, 3.05) is 13.1 Å². The van der Waals surface area contributed by atoms with Crippen LogP contribution in [0.4, 0.5) is 4.79 Å². The fraction of sp³-hybridized carbons (Fsp3) is 0.875. The minimum atomic E-state index is -0.411. The third kappa shape index (κ3) is 2.37. The minimum absolute atomic E-state index is 0.255. The summed E-state index contributed by atoms with van der Waals surface area (Å²) < 4.78 is 0. The van der Waals surface area contributed by atoms with Crippen molar-refractivity contribution in [3.05, 3.63) is 0 Å². The molecule has 3 N–H and O–H groups in total. The summed E-state index contributed by atoms with van der Waals surface area (Å²) >= 11 is 0. The lowest BCUT2D eigenvalue weighted by molar-refractivity contribution is 0.241. The van der Waals surface area contributed by atoms with Gasteiger partial charge in [-0.1, -0.05) is 0 Å². The highest BCUT2D eigenvalue weighted by atomic mass is 16.2. The number of rotatable bonds is 2. The molecule has 0 aromatic rings. The Kier molecular flexibility index (Phi) is 2.92. The Morgan fingerprint density at radius 2 is 2.33 bits per heavy atom. The highest BCUT2D eigenvalue weighted by molar-refractivity contribution is 5.72. The van der Waals surface area contributed by atoms with Crippen LogP contribution in [-0.2, 0) is 0 Å². The number of urea groups is 1. The van der Waals surface area contributed by atoms with Crippen molar-refractivity contribution in [2.24, 2.45) is 5.73 Å². The van der Waals surface area contributed by atoms with Gasteiger partial charge in [-0.25, -0.2) is 4.79 Å². The van der Waals surface area contributed by atoms with Crippen LogP contribution in [0, 0.1) is 0 Å². The summed E-state index contributed by atoms with van der Waals surface area (Å²) in [6.45, 7) is 6.31. The van der Waals surface area contributed by atoms with Gasteiger partial charge in [0, 0.05) is 25.2 Å². The zero-order valence-electron chi connectivity index (χ0n) is 7.71. The fourth-order valence-corrected chi connectivity index (χ4v) is 1.58. The van der Waals surface area contributed by atoms with Crippen LogP contribution in [0.5, 0.6) is 0 Å². The number of nitrogens with two attached hydrogens (primary N) is 1. The van der Waals surface area contributed by atoms with E-state index < -0.39 is 6.03 Å². The van der Waals surface area contributed by atoms with Crippen molar-refractivity contribution >= 4 is 6.03 Å².